The van der Waals surface area contributed by atoms with E-state index < -0.39 is 11.6 Å². The third-order valence-corrected chi connectivity index (χ3v) is 3.35. The summed E-state index contributed by atoms with van der Waals surface area (Å²) in [6, 6.07) is 13.8. The molecular formula is C17H19F2N. The molecule has 3 heteroatoms. The first-order valence-electron chi connectivity index (χ1n) is 6.82. The highest BCUT2D eigenvalue weighted by molar-refractivity contribution is 5.23. The number of hydrogen-bond donors (Lipinski definition) is 1. The molecule has 0 aliphatic carbocycles. The summed E-state index contributed by atoms with van der Waals surface area (Å²) in [6.45, 7) is 3.80. The molecule has 2 atom stereocenters. The molecule has 20 heavy (non-hydrogen) atoms. The van der Waals surface area contributed by atoms with Crippen LogP contribution in [-0.4, -0.2) is 6.04 Å². The van der Waals surface area contributed by atoms with Gasteiger partial charge in [-0.1, -0.05) is 36.4 Å². The van der Waals surface area contributed by atoms with Crippen molar-refractivity contribution in [3.05, 3.63) is 71.3 Å². The van der Waals surface area contributed by atoms with E-state index in [1.807, 2.05) is 37.3 Å². The third kappa shape index (κ3) is 3.64. The Labute approximate surface area is 118 Å². The summed E-state index contributed by atoms with van der Waals surface area (Å²) in [5.74, 6) is -1.01. The molecule has 0 saturated heterocycles. The summed E-state index contributed by atoms with van der Waals surface area (Å²) >= 11 is 0. The van der Waals surface area contributed by atoms with E-state index in [0.717, 1.165) is 6.42 Å². The summed E-state index contributed by atoms with van der Waals surface area (Å²) in [7, 11) is 0. The van der Waals surface area contributed by atoms with E-state index >= 15 is 0 Å². The van der Waals surface area contributed by atoms with Crippen LogP contribution in [0.25, 0.3) is 0 Å². The Morgan fingerprint density at radius 1 is 0.900 bits per heavy atom. The van der Waals surface area contributed by atoms with Gasteiger partial charge >= 0.3 is 0 Å². The Hall–Kier alpha value is -1.74. The predicted octanol–water partition coefficient (Wildman–Crippen LogP) is 4.25. The standard InChI is InChI=1S/C17H19F2N/c1-12(11-14-7-4-3-5-8-14)20-13(2)17-15(18)9-6-10-16(17)19/h3-10,12-13,20H,11H2,1-2H3. The molecule has 2 rings (SSSR count). The van der Waals surface area contributed by atoms with Gasteiger partial charge in [0.25, 0.3) is 0 Å². The lowest BCUT2D eigenvalue weighted by molar-refractivity contribution is 0.440. The first-order chi connectivity index (χ1) is 9.58. The normalized spacial score (nSPS) is 14.0. The smallest absolute Gasteiger partial charge is 0.130 e. The zero-order chi connectivity index (χ0) is 14.5. The van der Waals surface area contributed by atoms with Crippen LogP contribution >= 0.6 is 0 Å². The van der Waals surface area contributed by atoms with Crippen LogP contribution in [-0.2, 0) is 6.42 Å². The van der Waals surface area contributed by atoms with Crippen LogP contribution in [0.4, 0.5) is 8.78 Å². The molecule has 0 aliphatic heterocycles. The molecule has 2 aromatic carbocycles. The van der Waals surface area contributed by atoms with E-state index in [2.05, 4.69) is 5.32 Å². The number of nitrogens with one attached hydrogen (secondary N) is 1. The van der Waals surface area contributed by atoms with Crippen molar-refractivity contribution in [3.63, 3.8) is 0 Å². The highest BCUT2D eigenvalue weighted by Crippen LogP contribution is 2.21. The molecule has 0 amide bonds. The van der Waals surface area contributed by atoms with E-state index in [1.165, 1.54) is 23.8 Å². The number of halogens is 2. The molecule has 0 fully saturated rings. The highest BCUT2D eigenvalue weighted by Gasteiger charge is 2.17. The van der Waals surface area contributed by atoms with Crippen molar-refractivity contribution in [1.29, 1.82) is 0 Å². The first-order valence-corrected chi connectivity index (χ1v) is 6.82. The Morgan fingerprint density at radius 3 is 2.10 bits per heavy atom. The number of benzene rings is 2. The molecule has 0 heterocycles. The largest absolute Gasteiger partial charge is 0.307 e. The molecule has 0 saturated carbocycles. The van der Waals surface area contributed by atoms with Crippen molar-refractivity contribution in [3.8, 4) is 0 Å². The fourth-order valence-electron chi connectivity index (χ4n) is 2.46. The van der Waals surface area contributed by atoms with E-state index in [1.54, 1.807) is 6.92 Å². The third-order valence-electron chi connectivity index (χ3n) is 3.35. The fraction of sp³-hybridized carbons (Fsp3) is 0.294. The molecule has 0 bridgehead atoms. The van der Waals surface area contributed by atoms with Gasteiger partial charge in [0, 0.05) is 17.6 Å². The average molecular weight is 275 g/mol. The van der Waals surface area contributed by atoms with Gasteiger partial charge in [0.05, 0.1) is 0 Å². The molecule has 2 aromatic rings. The minimum Gasteiger partial charge on any atom is -0.307 e. The van der Waals surface area contributed by atoms with E-state index in [9.17, 15) is 8.78 Å². The average Bonchev–Trinajstić information content (AvgIpc) is 2.39. The van der Waals surface area contributed by atoms with Crippen molar-refractivity contribution in [1.82, 2.24) is 5.32 Å². The van der Waals surface area contributed by atoms with Crippen LogP contribution in [0.2, 0.25) is 0 Å². The van der Waals surface area contributed by atoms with Gasteiger partial charge in [0.2, 0.25) is 0 Å². The lowest BCUT2D eigenvalue weighted by atomic mass is 10.0. The summed E-state index contributed by atoms with van der Waals surface area (Å²) in [5, 5.41) is 3.25. The zero-order valence-corrected chi connectivity index (χ0v) is 11.7. The summed E-state index contributed by atoms with van der Waals surface area (Å²) in [5.41, 5.74) is 1.31. The monoisotopic (exact) mass is 275 g/mol. The van der Waals surface area contributed by atoms with Gasteiger partial charge in [-0.15, -0.1) is 0 Å². The second kappa shape index (κ2) is 6.62. The molecule has 1 N–H and O–H groups in total. The van der Waals surface area contributed by atoms with E-state index in [4.69, 9.17) is 0 Å². The number of rotatable bonds is 5. The van der Waals surface area contributed by atoms with Crippen LogP contribution in [0.1, 0.15) is 31.0 Å². The summed E-state index contributed by atoms with van der Waals surface area (Å²) < 4.78 is 27.4. The second-order valence-corrected chi connectivity index (χ2v) is 5.11. The Bertz CT molecular complexity index is 534. The zero-order valence-electron chi connectivity index (χ0n) is 11.7. The van der Waals surface area contributed by atoms with Crippen molar-refractivity contribution in [2.24, 2.45) is 0 Å². The lowest BCUT2D eigenvalue weighted by Gasteiger charge is -2.21. The molecule has 2 unspecified atom stereocenters. The molecule has 0 aliphatic rings. The topological polar surface area (TPSA) is 12.0 Å². The molecule has 106 valence electrons. The summed E-state index contributed by atoms with van der Waals surface area (Å²) in [6.07, 6.45) is 0.821. The SMILES string of the molecule is CC(Cc1ccccc1)NC(C)c1c(F)cccc1F. The van der Waals surface area contributed by atoms with Gasteiger partial charge in [-0.3, -0.25) is 0 Å². The molecular weight excluding hydrogens is 256 g/mol. The Kier molecular flexibility index (Phi) is 4.85. The molecule has 0 radical (unpaired) electrons. The minimum atomic E-state index is -0.503. The van der Waals surface area contributed by atoms with Gasteiger partial charge in [-0.2, -0.15) is 0 Å². The fourth-order valence-corrected chi connectivity index (χ4v) is 2.46. The molecule has 0 spiro atoms. The van der Waals surface area contributed by atoms with Gasteiger partial charge in [-0.25, -0.2) is 8.78 Å². The van der Waals surface area contributed by atoms with Crippen LogP contribution in [0.3, 0.4) is 0 Å². The maximum Gasteiger partial charge on any atom is 0.130 e. The van der Waals surface area contributed by atoms with Crippen LogP contribution in [0, 0.1) is 11.6 Å². The van der Waals surface area contributed by atoms with Crippen molar-refractivity contribution >= 4 is 0 Å². The first kappa shape index (κ1) is 14.7. The van der Waals surface area contributed by atoms with Gasteiger partial charge in [0.1, 0.15) is 11.6 Å². The Morgan fingerprint density at radius 2 is 1.50 bits per heavy atom. The van der Waals surface area contributed by atoms with E-state index in [0.29, 0.717) is 0 Å². The minimum absolute atomic E-state index is 0.104. The number of hydrogen-bond acceptors (Lipinski definition) is 1. The van der Waals surface area contributed by atoms with Crippen LogP contribution < -0.4 is 5.32 Å². The van der Waals surface area contributed by atoms with Crippen molar-refractivity contribution in [2.75, 3.05) is 0 Å². The van der Waals surface area contributed by atoms with Gasteiger partial charge < -0.3 is 5.32 Å². The molecule has 0 aromatic heterocycles. The maximum absolute atomic E-state index is 13.7. The van der Waals surface area contributed by atoms with Crippen molar-refractivity contribution in [2.45, 2.75) is 32.4 Å². The quantitative estimate of drug-likeness (QED) is 0.860. The highest BCUT2D eigenvalue weighted by atomic mass is 19.1. The lowest BCUT2D eigenvalue weighted by Crippen LogP contribution is -2.31. The second-order valence-electron chi connectivity index (χ2n) is 5.11. The summed E-state index contributed by atoms with van der Waals surface area (Å²) in [4.78, 5) is 0. The van der Waals surface area contributed by atoms with Crippen LogP contribution in [0.15, 0.2) is 48.5 Å². The molecule has 1 nitrogen and oxygen atoms in total. The van der Waals surface area contributed by atoms with Crippen LogP contribution in [0.5, 0.6) is 0 Å². The maximum atomic E-state index is 13.7. The van der Waals surface area contributed by atoms with Gasteiger partial charge in [-0.05, 0) is 38.0 Å². The van der Waals surface area contributed by atoms with Gasteiger partial charge in [0.15, 0.2) is 0 Å². The van der Waals surface area contributed by atoms with Crippen molar-refractivity contribution < 1.29 is 8.78 Å². The predicted molar refractivity (Wildman–Crippen MR) is 77.5 cm³/mol. The van der Waals surface area contributed by atoms with E-state index in [-0.39, 0.29) is 17.6 Å². The Balaban J connectivity index is 2.02.